The number of hydrogen-bond acceptors (Lipinski definition) is 4. The van der Waals surface area contributed by atoms with Gasteiger partial charge in [0.1, 0.15) is 0 Å². The van der Waals surface area contributed by atoms with Crippen molar-refractivity contribution in [2.75, 3.05) is 45.8 Å². The van der Waals surface area contributed by atoms with E-state index < -0.39 is 0 Å². The second-order valence-corrected chi connectivity index (χ2v) is 4.29. The zero-order valence-corrected chi connectivity index (χ0v) is 11.8. The quantitative estimate of drug-likeness (QED) is 0.776. The highest BCUT2D eigenvalue weighted by Crippen LogP contribution is 2.17. The molecule has 1 amide bonds. The third kappa shape index (κ3) is 4.22. The summed E-state index contributed by atoms with van der Waals surface area (Å²) in [5.41, 5.74) is 2.65. The molecule has 0 aliphatic rings. The van der Waals surface area contributed by atoms with Crippen LogP contribution in [0.3, 0.4) is 0 Å². The van der Waals surface area contributed by atoms with Gasteiger partial charge in [0, 0.05) is 38.5 Å². The number of hydrogen-bond donors (Lipinski definition) is 2. The first-order valence-electron chi connectivity index (χ1n) is 6.31. The molecular formula is C14H22N2O3. The van der Waals surface area contributed by atoms with Crippen molar-refractivity contribution in [3.8, 4) is 0 Å². The molecule has 0 aliphatic carbocycles. The Morgan fingerprint density at radius 2 is 2.16 bits per heavy atom. The van der Waals surface area contributed by atoms with Crippen LogP contribution in [0.4, 0.5) is 5.69 Å². The Bertz CT molecular complexity index is 421. The van der Waals surface area contributed by atoms with Crippen LogP contribution < -0.4 is 5.32 Å². The summed E-state index contributed by atoms with van der Waals surface area (Å²) in [6.45, 7) is 3.15. The van der Waals surface area contributed by atoms with Crippen LogP contribution in [0.15, 0.2) is 18.2 Å². The van der Waals surface area contributed by atoms with Gasteiger partial charge in [-0.3, -0.25) is 4.79 Å². The highest BCUT2D eigenvalue weighted by molar-refractivity contribution is 5.95. The second kappa shape index (κ2) is 7.76. The topological polar surface area (TPSA) is 61.8 Å². The van der Waals surface area contributed by atoms with Gasteiger partial charge in [-0.1, -0.05) is 0 Å². The average Bonchev–Trinajstić information content (AvgIpc) is 2.42. The van der Waals surface area contributed by atoms with Crippen LogP contribution in [0, 0.1) is 6.92 Å². The molecule has 1 aromatic carbocycles. The molecule has 0 radical (unpaired) electrons. The second-order valence-electron chi connectivity index (χ2n) is 4.29. The number of anilines is 1. The van der Waals surface area contributed by atoms with Gasteiger partial charge < -0.3 is 20.1 Å². The minimum absolute atomic E-state index is 0.0525. The number of amides is 1. The molecule has 0 saturated heterocycles. The van der Waals surface area contributed by atoms with Gasteiger partial charge in [-0.15, -0.1) is 0 Å². The molecule has 19 heavy (non-hydrogen) atoms. The Balaban J connectivity index is 2.86. The van der Waals surface area contributed by atoms with E-state index >= 15 is 0 Å². The Kier molecular flexibility index (Phi) is 6.32. The molecule has 5 nitrogen and oxygen atoms in total. The molecule has 0 saturated carbocycles. The lowest BCUT2D eigenvalue weighted by molar-refractivity contribution is 0.0656. The monoisotopic (exact) mass is 266 g/mol. The van der Waals surface area contributed by atoms with Gasteiger partial charge in [0.05, 0.1) is 13.2 Å². The fourth-order valence-electron chi connectivity index (χ4n) is 1.90. The van der Waals surface area contributed by atoms with Gasteiger partial charge >= 0.3 is 0 Å². The summed E-state index contributed by atoms with van der Waals surface area (Å²) in [5, 5.41) is 12.1. The van der Waals surface area contributed by atoms with Gasteiger partial charge in [0.2, 0.25) is 0 Å². The van der Waals surface area contributed by atoms with Crippen molar-refractivity contribution in [3.05, 3.63) is 29.3 Å². The largest absolute Gasteiger partial charge is 0.395 e. The number of benzene rings is 1. The molecule has 0 bridgehead atoms. The van der Waals surface area contributed by atoms with E-state index in [9.17, 15) is 4.79 Å². The first-order chi connectivity index (χ1) is 9.13. The van der Waals surface area contributed by atoms with E-state index in [-0.39, 0.29) is 12.5 Å². The predicted molar refractivity (Wildman–Crippen MR) is 75.6 cm³/mol. The maximum atomic E-state index is 12.3. The van der Waals surface area contributed by atoms with Crippen molar-refractivity contribution < 1.29 is 14.6 Å². The number of ether oxygens (including phenoxy) is 1. The van der Waals surface area contributed by atoms with E-state index in [0.29, 0.717) is 25.3 Å². The van der Waals surface area contributed by atoms with Crippen LogP contribution in [0.5, 0.6) is 0 Å². The van der Waals surface area contributed by atoms with Crippen LogP contribution in [-0.2, 0) is 4.74 Å². The van der Waals surface area contributed by atoms with Crippen molar-refractivity contribution >= 4 is 11.6 Å². The van der Waals surface area contributed by atoms with Crippen molar-refractivity contribution in [2.45, 2.75) is 6.92 Å². The molecule has 5 heteroatoms. The molecule has 106 valence electrons. The minimum Gasteiger partial charge on any atom is -0.395 e. The van der Waals surface area contributed by atoms with Crippen molar-refractivity contribution in [1.82, 2.24) is 4.90 Å². The Labute approximate surface area is 114 Å². The number of rotatable bonds is 7. The van der Waals surface area contributed by atoms with Crippen LogP contribution in [0.1, 0.15) is 15.9 Å². The number of aryl methyl sites for hydroxylation is 1. The van der Waals surface area contributed by atoms with Gasteiger partial charge in [-0.2, -0.15) is 0 Å². The number of methoxy groups -OCH3 is 1. The number of nitrogens with zero attached hydrogens (tertiary/aromatic N) is 1. The summed E-state index contributed by atoms with van der Waals surface area (Å²) in [4.78, 5) is 13.9. The van der Waals surface area contributed by atoms with E-state index in [1.54, 1.807) is 18.1 Å². The van der Waals surface area contributed by atoms with Crippen molar-refractivity contribution in [3.63, 3.8) is 0 Å². The van der Waals surface area contributed by atoms with Gasteiger partial charge in [0.15, 0.2) is 0 Å². The number of carbonyl (C=O) groups is 1. The SMILES string of the molecule is CNc1ccc(C(=O)N(CCO)CCOC)cc1C. The first-order valence-corrected chi connectivity index (χ1v) is 6.31. The normalized spacial score (nSPS) is 10.3. The highest BCUT2D eigenvalue weighted by Gasteiger charge is 2.15. The van der Waals surface area contributed by atoms with E-state index in [1.807, 2.05) is 26.1 Å². The van der Waals surface area contributed by atoms with Gasteiger partial charge in [-0.25, -0.2) is 0 Å². The predicted octanol–water partition coefficient (Wildman–Crippen LogP) is 1.12. The molecule has 0 heterocycles. The molecule has 1 aromatic rings. The van der Waals surface area contributed by atoms with E-state index in [2.05, 4.69) is 5.32 Å². The standard InChI is InChI=1S/C14H22N2O3/c1-11-10-12(4-5-13(11)15-2)14(18)16(6-8-17)7-9-19-3/h4-5,10,15,17H,6-9H2,1-3H3. The Hall–Kier alpha value is -1.59. The molecule has 1 rings (SSSR count). The summed E-state index contributed by atoms with van der Waals surface area (Å²) in [7, 11) is 3.44. The Morgan fingerprint density at radius 1 is 1.42 bits per heavy atom. The number of aliphatic hydroxyl groups is 1. The lowest BCUT2D eigenvalue weighted by atomic mass is 10.1. The van der Waals surface area contributed by atoms with Crippen molar-refractivity contribution in [2.24, 2.45) is 0 Å². The lowest BCUT2D eigenvalue weighted by Crippen LogP contribution is -2.36. The summed E-state index contributed by atoms with van der Waals surface area (Å²) in [5.74, 6) is -0.0862. The molecule has 0 spiro atoms. The van der Waals surface area contributed by atoms with Crippen LogP contribution >= 0.6 is 0 Å². The molecule has 0 unspecified atom stereocenters. The fourth-order valence-corrected chi connectivity index (χ4v) is 1.90. The summed E-state index contributed by atoms with van der Waals surface area (Å²) in [6, 6.07) is 5.53. The molecular weight excluding hydrogens is 244 g/mol. The van der Waals surface area contributed by atoms with Crippen LogP contribution in [0.2, 0.25) is 0 Å². The van der Waals surface area contributed by atoms with E-state index in [0.717, 1.165) is 11.3 Å². The average molecular weight is 266 g/mol. The fraction of sp³-hybridized carbons (Fsp3) is 0.500. The third-order valence-electron chi connectivity index (χ3n) is 2.97. The first kappa shape index (κ1) is 15.5. The van der Waals surface area contributed by atoms with Gasteiger partial charge in [0.25, 0.3) is 5.91 Å². The minimum atomic E-state index is -0.0862. The summed E-state index contributed by atoms with van der Waals surface area (Å²) in [6.07, 6.45) is 0. The van der Waals surface area contributed by atoms with E-state index in [1.165, 1.54) is 0 Å². The number of carbonyl (C=O) groups excluding carboxylic acids is 1. The summed E-state index contributed by atoms with van der Waals surface area (Å²) >= 11 is 0. The highest BCUT2D eigenvalue weighted by atomic mass is 16.5. The van der Waals surface area contributed by atoms with Gasteiger partial charge in [-0.05, 0) is 30.7 Å². The van der Waals surface area contributed by atoms with Crippen molar-refractivity contribution in [1.29, 1.82) is 0 Å². The van der Waals surface area contributed by atoms with Crippen LogP contribution in [0.25, 0.3) is 0 Å². The molecule has 2 N–H and O–H groups in total. The van der Waals surface area contributed by atoms with Crippen LogP contribution in [-0.4, -0.2) is 56.4 Å². The molecule has 0 aliphatic heterocycles. The Morgan fingerprint density at radius 3 is 2.68 bits per heavy atom. The lowest BCUT2D eigenvalue weighted by Gasteiger charge is -2.21. The smallest absolute Gasteiger partial charge is 0.254 e. The number of aliphatic hydroxyl groups excluding tert-OH is 1. The maximum absolute atomic E-state index is 12.3. The van der Waals surface area contributed by atoms with E-state index in [4.69, 9.17) is 9.84 Å². The molecule has 0 fully saturated rings. The molecule has 0 atom stereocenters. The summed E-state index contributed by atoms with van der Waals surface area (Å²) < 4.78 is 4.98. The number of nitrogens with one attached hydrogen (secondary N) is 1. The third-order valence-corrected chi connectivity index (χ3v) is 2.97. The zero-order chi connectivity index (χ0) is 14.3. The maximum Gasteiger partial charge on any atom is 0.254 e. The molecule has 0 aromatic heterocycles. The zero-order valence-electron chi connectivity index (χ0n) is 11.8.